The molecule has 0 nitrogen and oxygen atoms in total. The van der Waals surface area contributed by atoms with E-state index in [2.05, 4.69) is 195 Å². The molecule has 0 aliphatic rings. The van der Waals surface area contributed by atoms with Gasteiger partial charge in [0.1, 0.15) is 0 Å². The van der Waals surface area contributed by atoms with Gasteiger partial charge in [-0.25, -0.2) is 12.1 Å². The van der Waals surface area contributed by atoms with E-state index in [4.69, 9.17) is 0 Å². The summed E-state index contributed by atoms with van der Waals surface area (Å²) in [5.41, 5.74) is 4.02. The molecule has 46 heavy (non-hydrogen) atoms. The molecule has 0 saturated heterocycles. The van der Waals surface area contributed by atoms with Gasteiger partial charge in [-0.05, 0) is 37.1 Å². The minimum Gasteiger partial charge on any atom is -0.213 e. The summed E-state index contributed by atoms with van der Waals surface area (Å²) < 4.78 is 0. The summed E-state index contributed by atoms with van der Waals surface area (Å²) >= 11 is 0. The van der Waals surface area contributed by atoms with Gasteiger partial charge in [0.2, 0.25) is 0 Å². The zero-order valence-corrected chi connectivity index (χ0v) is 30.2. The average Bonchev–Trinajstić information content (AvgIpc) is 3.78. The first-order valence-electron chi connectivity index (χ1n) is 14.6. The van der Waals surface area contributed by atoms with Crippen LogP contribution in [0.3, 0.4) is 0 Å². The molecule has 0 bridgehead atoms. The molecule has 0 aromatic heterocycles. The molecule has 7 aromatic rings. The van der Waals surface area contributed by atoms with Gasteiger partial charge in [-0.2, -0.15) is 18.2 Å². The van der Waals surface area contributed by atoms with Crippen LogP contribution in [0.5, 0.6) is 0 Å². The number of hydrogen-bond acceptors (Lipinski definition) is 0. The SMILES string of the molecule is Cc1ccccc1-[c-]1cccc1P(c1ccccc1)c1ccccc1.[ClH2+].[Fe+2].[Ni+2].c1ccc(P(c2ccccc2)c2ccc[cH-]2)cc1. The van der Waals surface area contributed by atoms with Crippen molar-refractivity contribution >= 4 is 47.7 Å². The van der Waals surface area contributed by atoms with Gasteiger partial charge in [-0.15, -0.1) is 34.6 Å². The van der Waals surface area contributed by atoms with Crippen LogP contribution < -0.4 is 31.8 Å². The Balaban J connectivity index is 0.000000246. The Bertz CT molecular complexity index is 1750. The molecule has 0 aliphatic carbocycles. The number of halogens is 1. The summed E-state index contributed by atoms with van der Waals surface area (Å²) in [6.07, 6.45) is 0. The molecule has 5 heteroatoms. The molecule has 0 N–H and O–H groups in total. The molecule has 0 amide bonds. The quantitative estimate of drug-likeness (QED) is 0.0891. The van der Waals surface area contributed by atoms with Gasteiger partial charge in [0.25, 0.3) is 0 Å². The van der Waals surface area contributed by atoms with Crippen LogP contribution in [0.15, 0.2) is 188 Å². The second-order valence-corrected chi connectivity index (χ2v) is 14.7. The third kappa shape index (κ3) is 9.06. The molecule has 0 aliphatic heterocycles. The Morgan fingerprint density at radius 2 is 0.913 bits per heavy atom. The van der Waals surface area contributed by atoms with E-state index in [9.17, 15) is 0 Å². The normalized spacial score (nSPS) is 10.2. The maximum Gasteiger partial charge on any atom is 2.00 e. The van der Waals surface area contributed by atoms with E-state index >= 15 is 0 Å². The van der Waals surface area contributed by atoms with Crippen molar-refractivity contribution in [3.05, 3.63) is 194 Å². The van der Waals surface area contributed by atoms with E-state index < -0.39 is 15.8 Å². The van der Waals surface area contributed by atoms with Gasteiger partial charge in [-0.1, -0.05) is 157 Å². The summed E-state index contributed by atoms with van der Waals surface area (Å²) in [6.45, 7) is 2.19. The molecule has 0 heterocycles. The van der Waals surface area contributed by atoms with Crippen molar-refractivity contribution in [1.82, 2.24) is 0 Å². The maximum absolute atomic E-state index is 2.30. The van der Waals surface area contributed by atoms with E-state index in [0.717, 1.165) is 0 Å². The van der Waals surface area contributed by atoms with Crippen molar-refractivity contribution in [2.75, 3.05) is 0 Å². The third-order valence-electron chi connectivity index (χ3n) is 7.43. The molecule has 232 valence electrons. The molecule has 7 aromatic carbocycles. The Kier molecular flexibility index (Phi) is 15.4. The summed E-state index contributed by atoms with van der Waals surface area (Å²) in [5.74, 6) is 0. The van der Waals surface area contributed by atoms with E-state index in [1.165, 1.54) is 48.5 Å². The van der Waals surface area contributed by atoms with Crippen LogP contribution in [0.4, 0.5) is 0 Å². The van der Waals surface area contributed by atoms with Gasteiger partial charge < -0.3 is 0 Å². The summed E-state index contributed by atoms with van der Waals surface area (Å²) in [5, 5.41) is 8.45. The van der Waals surface area contributed by atoms with Crippen LogP contribution in [-0.2, 0) is 33.6 Å². The van der Waals surface area contributed by atoms with E-state index in [0.29, 0.717) is 0 Å². The molecule has 0 atom stereocenters. The molecular weight excluding hydrogens is 704 g/mol. The smallest absolute Gasteiger partial charge is 0.213 e. The average molecular weight is 741 g/mol. The zero-order chi connectivity index (χ0) is 29.3. The van der Waals surface area contributed by atoms with Gasteiger partial charge >= 0.3 is 33.6 Å². The second kappa shape index (κ2) is 18.9. The predicted octanol–water partition coefficient (Wildman–Crippen LogP) is 7.76. The van der Waals surface area contributed by atoms with Crippen molar-refractivity contribution in [3.8, 4) is 11.1 Å². The van der Waals surface area contributed by atoms with Crippen LogP contribution in [0.1, 0.15) is 5.56 Å². The van der Waals surface area contributed by atoms with Crippen LogP contribution in [0.2, 0.25) is 0 Å². The number of hydrogen-bond donors (Lipinski definition) is 0. The Morgan fingerprint density at radius 3 is 1.35 bits per heavy atom. The van der Waals surface area contributed by atoms with Gasteiger partial charge in [-0.3, -0.25) is 0 Å². The van der Waals surface area contributed by atoms with E-state index in [-0.39, 0.29) is 46.0 Å². The fourth-order valence-electron chi connectivity index (χ4n) is 5.40. The first-order valence-corrected chi connectivity index (χ1v) is 17.3. The van der Waals surface area contributed by atoms with E-state index in [1.54, 1.807) is 0 Å². The summed E-state index contributed by atoms with van der Waals surface area (Å²) in [6, 6.07) is 67.5. The third-order valence-corrected chi connectivity index (χ3v) is 12.4. The summed E-state index contributed by atoms with van der Waals surface area (Å²) in [7, 11) is -0.975. The fourth-order valence-corrected chi connectivity index (χ4v) is 10.2. The topological polar surface area (TPSA) is 0 Å². The molecule has 0 spiro atoms. The fraction of sp³-hybridized carbons (Fsp3) is 0.0244. The van der Waals surface area contributed by atoms with Crippen LogP contribution in [0.25, 0.3) is 11.1 Å². The van der Waals surface area contributed by atoms with Crippen molar-refractivity contribution < 1.29 is 46.0 Å². The van der Waals surface area contributed by atoms with Crippen molar-refractivity contribution in [1.29, 1.82) is 0 Å². The van der Waals surface area contributed by atoms with E-state index in [1.807, 2.05) is 0 Å². The van der Waals surface area contributed by atoms with Crippen molar-refractivity contribution in [3.63, 3.8) is 0 Å². The Hall–Kier alpha value is -3.04. The molecule has 0 radical (unpaired) electrons. The molecule has 7 rings (SSSR count). The first-order chi connectivity index (χ1) is 21.3. The van der Waals surface area contributed by atoms with Gasteiger partial charge in [0.05, 0.1) is 12.4 Å². The molecular formula is C41H36ClFeNiP2+3. The minimum atomic E-state index is -0.566. The molecule has 0 saturated carbocycles. The second-order valence-electron chi connectivity index (χ2n) is 10.3. The number of benzene rings is 5. The number of aryl methyl sites for hydroxylation is 1. The minimum absolute atomic E-state index is 0. The van der Waals surface area contributed by atoms with Crippen molar-refractivity contribution in [2.24, 2.45) is 0 Å². The predicted molar refractivity (Wildman–Crippen MR) is 194 cm³/mol. The standard InChI is InChI=1S/C24H20P.C17H14P.ClH2.Fe.Ni/c1-19-11-8-9-16-22(19)23-17-10-18-24(23)25(20-12-4-2-5-13-20)21-14-6-3-7-15-21;1-3-9-15(10-4-1)18(17-13-7-8-14-17)16-11-5-2-6-12-16;;;/h2-18H,1H3;1-14H;1H2;;/q2*-1;+1;2*+2. The monoisotopic (exact) mass is 739 g/mol. The van der Waals surface area contributed by atoms with Crippen molar-refractivity contribution in [2.45, 2.75) is 6.92 Å². The molecule has 0 unspecified atom stereocenters. The van der Waals surface area contributed by atoms with Crippen LogP contribution in [0, 0.1) is 19.3 Å². The Labute approximate surface area is 303 Å². The largest absolute Gasteiger partial charge is 2.00 e. The van der Waals surface area contributed by atoms with Gasteiger partial charge in [0.15, 0.2) is 0 Å². The zero-order valence-electron chi connectivity index (χ0n) is 25.4. The van der Waals surface area contributed by atoms with Crippen LogP contribution in [-0.4, -0.2) is 0 Å². The maximum atomic E-state index is 2.30. The molecule has 0 fully saturated rings. The first kappa shape index (κ1) is 37.4. The van der Waals surface area contributed by atoms with Crippen LogP contribution >= 0.6 is 15.8 Å². The summed E-state index contributed by atoms with van der Waals surface area (Å²) in [4.78, 5) is 0. The number of rotatable bonds is 7. The van der Waals surface area contributed by atoms with Gasteiger partial charge in [0, 0.05) is 0 Å². The Morgan fingerprint density at radius 1 is 0.478 bits per heavy atom.